The molecule has 1 saturated heterocycles. The Hall–Kier alpha value is -4.19. The Morgan fingerprint density at radius 2 is 1.76 bits per heavy atom. The van der Waals surface area contributed by atoms with Crippen LogP contribution in [0, 0.1) is 5.41 Å². The Morgan fingerprint density at radius 1 is 1.10 bits per heavy atom. The van der Waals surface area contributed by atoms with Gasteiger partial charge in [0.05, 0.1) is 21.3 Å². The average Bonchev–Trinajstić information content (AvgIpc) is 2.95. The molecule has 6 N–H and O–H groups in total. The van der Waals surface area contributed by atoms with E-state index in [1.165, 1.54) is 18.2 Å². The lowest BCUT2D eigenvalue weighted by atomic mass is 10.0. The molecule has 0 aromatic heterocycles. The van der Waals surface area contributed by atoms with E-state index < -0.39 is 17.9 Å². The minimum atomic E-state index is -0.722. The first kappa shape index (κ1) is 32.3. The van der Waals surface area contributed by atoms with Crippen molar-refractivity contribution in [3.05, 3.63) is 87.2 Å². The van der Waals surface area contributed by atoms with Crippen LogP contribution in [-0.4, -0.2) is 79.4 Å². The number of likely N-dealkylation sites (tertiary alicyclic amines) is 1. The Labute approximate surface area is 254 Å². The summed E-state index contributed by atoms with van der Waals surface area (Å²) in [4.78, 5) is 54.3. The molecule has 13 heteroatoms. The predicted octanol–water partition coefficient (Wildman–Crippen LogP) is 3.02. The third kappa shape index (κ3) is 8.90. The smallest absolute Gasteiger partial charge is 0.269 e. The molecule has 0 unspecified atom stereocenters. The molecule has 1 aliphatic rings. The number of benzene rings is 2. The van der Waals surface area contributed by atoms with E-state index in [1.807, 2.05) is 19.0 Å². The second-order valence-electron chi connectivity index (χ2n) is 9.82. The number of carbonyl (C=O) groups is 4. The van der Waals surface area contributed by atoms with Crippen molar-refractivity contribution in [2.75, 3.05) is 39.0 Å². The van der Waals surface area contributed by atoms with Crippen LogP contribution < -0.4 is 21.7 Å². The summed E-state index contributed by atoms with van der Waals surface area (Å²) >= 11 is 12.2. The third-order valence-electron chi connectivity index (χ3n) is 6.30. The van der Waals surface area contributed by atoms with E-state index in [9.17, 15) is 19.2 Å². The molecule has 11 nitrogen and oxygen atoms in total. The number of amides is 4. The molecule has 0 radical (unpaired) electrons. The van der Waals surface area contributed by atoms with Crippen LogP contribution in [0.15, 0.2) is 66.0 Å². The SMILES string of the molecule is CN(C)C/C=C/C(=O)Nc1ccc(C(=O)N2CCC[C@@H](NC(=O)/C(N)=C(/C=N)NC(=O)c3c(Cl)cccc3Cl)C2)cc1. The fourth-order valence-corrected chi connectivity index (χ4v) is 4.75. The maximum absolute atomic E-state index is 13.1. The maximum Gasteiger partial charge on any atom is 0.269 e. The van der Waals surface area contributed by atoms with Gasteiger partial charge in [0, 0.05) is 49.2 Å². The van der Waals surface area contributed by atoms with Gasteiger partial charge >= 0.3 is 0 Å². The summed E-state index contributed by atoms with van der Waals surface area (Å²) in [5.41, 5.74) is 6.37. The van der Waals surface area contributed by atoms with Crippen LogP contribution in [0.1, 0.15) is 33.6 Å². The van der Waals surface area contributed by atoms with Crippen molar-refractivity contribution in [1.82, 2.24) is 20.4 Å². The summed E-state index contributed by atoms with van der Waals surface area (Å²) in [6, 6.07) is 10.7. The van der Waals surface area contributed by atoms with Crippen LogP contribution in [0.2, 0.25) is 10.0 Å². The van der Waals surface area contributed by atoms with Gasteiger partial charge in [0.25, 0.3) is 17.7 Å². The minimum absolute atomic E-state index is 0.0120. The molecule has 0 saturated carbocycles. The molecule has 3 rings (SSSR count). The number of nitrogens with two attached hydrogens (primary N) is 1. The fraction of sp³-hybridized carbons (Fsp3) is 0.276. The number of nitrogens with zero attached hydrogens (tertiary/aromatic N) is 2. The monoisotopic (exact) mass is 613 g/mol. The first-order valence-electron chi connectivity index (χ1n) is 13.1. The molecule has 0 aliphatic carbocycles. The van der Waals surface area contributed by atoms with Crippen molar-refractivity contribution in [1.29, 1.82) is 5.41 Å². The van der Waals surface area contributed by atoms with Crippen LogP contribution in [-0.2, 0) is 9.59 Å². The van der Waals surface area contributed by atoms with Crippen molar-refractivity contribution in [2.24, 2.45) is 5.73 Å². The quantitative estimate of drug-likeness (QED) is 0.204. The predicted molar refractivity (Wildman–Crippen MR) is 164 cm³/mol. The number of carbonyl (C=O) groups excluding carboxylic acids is 4. The van der Waals surface area contributed by atoms with E-state index >= 15 is 0 Å². The molecule has 1 fully saturated rings. The lowest BCUT2D eigenvalue weighted by Gasteiger charge is -2.33. The lowest BCUT2D eigenvalue weighted by Crippen LogP contribution is -2.50. The number of halogens is 2. The highest BCUT2D eigenvalue weighted by molar-refractivity contribution is 6.39. The highest BCUT2D eigenvalue weighted by Gasteiger charge is 2.27. The van der Waals surface area contributed by atoms with Crippen molar-refractivity contribution in [2.45, 2.75) is 18.9 Å². The van der Waals surface area contributed by atoms with Gasteiger partial charge in [0.1, 0.15) is 5.70 Å². The van der Waals surface area contributed by atoms with E-state index in [4.69, 9.17) is 34.3 Å². The molecule has 0 spiro atoms. The topological polar surface area (TPSA) is 161 Å². The second-order valence-corrected chi connectivity index (χ2v) is 10.6. The van der Waals surface area contributed by atoms with Crippen LogP contribution in [0.3, 0.4) is 0 Å². The van der Waals surface area contributed by atoms with Crippen molar-refractivity contribution in [3.63, 3.8) is 0 Å². The van der Waals surface area contributed by atoms with E-state index in [0.717, 1.165) is 6.21 Å². The van der Waals surface area contributed by atoms with Crippen molar-refractivity contribution in [3.8, 4) is 0 Å². The number of rotatable bonds is 10. The largest absolute Gasteiger partial charge is 0.393 e. The van der Waals surface area contributed by atoms with Gasteiger partial charge in [-0.3, -0.25) is 19.2 Å². The molecule has 2 aromatic rings. The zero-order valence-electron chi connectivity index (χ0n) is 23.2. The summed E-state index contributed by atoms with van der Waals surface area (Å²) in [6.07, 6.45) is 5.21. The van der Waals surface area contributed by atoms with Crippen LogP contribution in [0.5, 0.6) is 0 Å². The van der Waals surface area contributed by atoms with Gasteiger partial charge in [-0.2, -0.15) is 0 Å². The van der Waals surface area contributed by atoms with Gasteiger partial charge in [0.2, 0.25) is 5.91 Å². The van der Waals surface area contributed by atoms with Crippen molar-refractivity contribution < 1.29 is 19.2 Å². The van der Waals surface area contributed by atoms with Gasteiger partial charge in [-0.1, -0.05) is 35.3 Å². The Bertz CT molecular complexity index is 1390. The summed E-state index contributed by atoms with van der Waals surface area (Å²) in [5, 5.41) is 15.8. The van der Waals surface area contributed by atoms with E-state index in [2.05, 4.69) is 16.0 Å². The minimum Gasteiger partial charge on any atom is -0.393 e. The summed E-state index contributed by atoms with van der Waals surface area (Å²) in [7, 11) is 3.81. The molecule has 4 amide bonds. The van der Waals surface area contributed by atoms with Gasteiger partial charge in [-0.15, -0.1) is 0 Å². The summed E-state index contributed by atoms with van der Waals surface area (Å²) in [5.74, 6) is -1.90. The number of hydrogen-bond acceptors (Lipinski definition) is 7. The van der Waals surface area contributed by atoms with Crippen LogP contribution in [0.4, 0.5) is 5.69 Å². The van der Waals surface area contributed by atoms with Gasteiger partial charge in [0.15, 0.2) is 0 Å². The zero-order chi connectivity index (χ0) is 30.8. The van der Waals surface area contributed by atoms with Gasteiger partial charge in [-0.05, 0) is 63.3 Å². The first-order valence-corrected chi connectivity index (χ1v) is 13.8. The number of hydrogen-bond donors (Lipinski definition) is 5. The van der Waals surface area contributed by atoms with E-state index in [-0.39, 0.29) is 45.4 Å². The molecule has 222 valence electrons. The average molecular weight is 615 g/mol. The fourth-order valence-electron chi connectivity index (χ4n) is 4.18. The normalized spacial score (nSPS) is 15.6. The first-order chi connectivity index (χ1) is 20.0. The molecule has 1 aliphatic heterocycles. The maximum atomic E-state index is 13.1. The molecular formula is C29H33Cl2N7O4. The standard InChI is InChI=1S/C29H33Cl2N7O4/c1-37(2)14-5-9-24(39)34-19-12-10-18(11-13-19)29(42)38-15-4-6-20(17-38)35-28(41)26(33)23(16-32)36-27(40)25-21(30)7-3-8-22(25)31/h3,5,7-13,16,20,32H,4,6,14-15,17,33H2,1-2H3,(H,34,39)(H,35,41)(H,36,40)/b9-5+,26-23+,32-16?/t20-/m1/s1. The summed E-state index contributed by atoms with van der Waals surface area (Å²) < 4.78 is 0. The van der Waals surface area contributed by atoms with Crippen LogP contribution in [0.25, 0.3) is 0 Å². The third-order valence-corrected chi connectivity index (χ3v) is 6.93. The summed E-state index contributed by atoms with van der Waals surface area (Å²) in [6.45, 7) is 1.39. The Kier molecular flexibility index (Phi) is 11.7. The number of likely N-dealkylation sites (N-methyl/N-ethyl adjacent to an activating group) is 1. The highest BCUT2D eigenvalue weighted by atomic mass is 35.5. The molecule has 1 heterocycles. The zero-order valence-corrected chi connectivity index (χ0v) is 24.8. The van der Waals surface area contributed by atoms with Crippen LogP contribution >= 0.6 is 23.2 Å². The Balaban J connectivity index is 1.60. The molecule has 0 bridgehead atoms. The van der Waals surface area contributed by atoms with Gasteiger partial charge < -0.3 is 36.9 Å². The number of anilines is 1. The molecular weight excluding hydrogens is 581 g/mol. The molecule has 2 aromatic carbocycles. The molecule has 42 heavy (non-hydrogen) atoms. The van der Waals surface area contributed by atoms with Gasteiger partial charge in [-0.25, -0.2) is 0 Å². The molecule has 1 atom stereocenters. The number of allylic oxidation sites excluding steroid dienone is 1. The number of nitrogens with one attached hydrogen (secondary N) is 4. The Morgan fingerprint density at radius 3 is 2.38 bits per heavy atom. The van der Waals surface area contributed by atoms with E-state index in [1.54, 1.807) is 41.3 Å². The van der Waals surface area contributed by atoms with E-state index in [0.29, 0.717) is 37.2 Å². The second kappa shape index (κ2) is 15.2. The van der Waals surface area contributed by atoms with Crippen molar-refractivity contribution >= 4 is 58.7 Å². The number of piperidine rings is 1. The lowest BCUT2D eigenvalue weighted by molar-refractivity contribution is -0.118. The highest BCUT2D eigenvalue weighted by Crippen LogP contribution is 2.24.